The summed E-state index contributed by atoms with van der Waals surface area (Å²) in [5, 5.41) is 20.6. The number of ether oxygens (including phenoxy) is 1. The summed E-state index contributed by atoms with van der Waals surface area (Å²) >= 11 is 0. The van der Waals surface area contributed by atoms with Crippen LogP contribution in [0.4, 0.5) is 11.5 Å². The maximum absolute atomic E-state index is 13.2. The molecule has 2 fully saturated rings. The topological polar surface area (TPSA) is 188 Å². The number of nitrogens with zero attached hydrogens (tertiary/aromatic N) is 5. The van der Waals surface area contributed by atoms with Crippen molar-refractivity contribution in [2.75, 3.05) is 43.4 Å². The fraction of sp³-hybridized carbons (Fsp3) is 0.382. The van der Waals surface area contributed by atoms with E-state index in [1.165, 1.54) is 6.07 Å². The number of nitrogens with one attached hydrogen (secondary N) is 1. The molecule has 2 saturated heterocycles. The highest BCUT2D eigenvalue weighted by atomic mass is 16.5. The molecule has 3 aliphatic rings. The maximum atomic E-state index is 13.2. The minimum Gasteiger partial charge on any atom is -0.507 e. The fourth-order valence-electron chi connectivity index (χ4n) is 6.34. The largest absolute Gasteiger partial charge is 0.507 e. The molecule has 3 aliphatic heterocycles. The number of hydrogen-bond acceptors (Lipinski definition) is 11. The van der Waals surface area contributed by atoms with E-state index in [0.29, 0.717) is 62.7 Å². The van der Waals surface area contributed by atoms with Crippen molar-refractivity contribution in [3.63, 3.8) is 0 Å². The zero-order valence-corrected chi connectivity index (χ0v) is 26.4. The van der Waals surface area contributed by atoms with Crippen molar-refractivity contribution in [2.24, 2.45) is 0 Å². The molecule has 14 nitrogen and oxygen atoms in total. The number of benzene rings is 2. The highest BCUT2D eigenvalue weighted by Gasteiger charge is 2.46. The second kappa shape index (κ2) is 14.1. The lowest BCUT2D eigenvalue weighted by Crippen LogP contribution is -2.54. The third-order valence-electron chi connectivity index (χ3n) is 8.93. The quantitative estimate of drug-likeness (QED) is 0.203. The SMILES string of the molecule is Nc1nnc(-c2ccccc2O)cc1N1CCN(C(=O)CCCCCCOc2cccc3c2C(=O)N(C2CCC(=O)NC2=O)C3=O)CC1. The molecule has 250 valence electrons. The number of nitrogens with two attached hydrogens (primary N) is 1. The van der Waals surface area contributed by atoms with Crippen molar-refractivity contribution < 1.29 is 33.8 Å². The van der Waals surface area contributed by atoms with E-state index in [0.717, 1.165) is 29.8 Å². The number of para-hydroxylation sites is 1. The first kappa shape index (κ1) is 32.4. The first-order chi connectivity index (χ1) is 23.2. The molecule has 1 atom stereocenters. The van der Waals surface area contributed by atoms with Crippen LogP contribution in [0.25, 0.3) is 11.3 Å². The van der Waals surface area contributed by atoms with Crippen molar-refractivity contribution in [3.8, 4) is 22.8 Å². The molecule has 0 aliphatic carbocycles. The van der Waals surface area contributed by atoms with Crippen LogP contribution in [0.1, 0.15) is 65.7 Å². The van der Waals surface area contributed by atoms with Crippen LogP contribution in [0, 0.1) is 0 Å². The van der Waals surface area contributed by atoms with Crippen molar-refractivity contribution in [1.29, 1.82) is 0 Å². The van der Waals surface area contributed by atoms with Crippen LogP contribution >= 0.6 is 0 Å². The molecule has 1 aromatic heterocycles. The second-order valence-corrected chi connectivity index (χ2v) is 12.0. The van der Waals surface area contributed by atoms with E-state index in [1.807, 2.05) is 17.0 Å². The monoisotopic (exact) mass is 655 g/mol. The number of phenols is 1. The van der Waals surface area contributed by atoms with Gasteiger partial charge in [-0.3, -0.25) is 34.2 Å². The predicted molar refractivity (Wildman–Crippen MR) is 174 cm³/mol. The van der Waals surface area contributed by atoms with Crippen LogP contribution in [0.2, 0.25) is 0 Å². The Hall–Kier alpha value is -5.53. The summed E-state index contributed by atoms with van der Waals surface area (Å²) in [5.41, 5.74) is 8.27. The Morgan fingerprint density at radius 3 is 2.44 bits per heavy atom. The summed E-state index contributed by atoms with van der Waals surface area (Å²) in [5.74, 6) is -1.46. The fourth-order valence-corrected chi connectivity index (χ4v) is 6.34. The van der Waals surface area contributed by atoms with Crippen molar-refractivity contribution in [1.82, 2.24) is 25.3 Å². The number of aromatic hydroxyl groups is 1. The second-order valence-electron chi connectivity index (χ2n) is 12.0. The number of aromatic nitrogens is 2. The van der Waals surface area contributed by atoms with Gasteiger partial charge in [0.1, 0.15) is 17.5 Å². The summed E-state index contributed by atoms with van der Waals surface area (Å²) < 4.78 is 5.90. The highest BCUT2D eigenvalue weighted by molar-refractivity contribution is 6.24. The number of anilines is 2. The molecular weight excluding hydrogens is 618 g/mol. The molecular formula is C34H37N7O7. The van der Waals surface area contributed by atoms with Gasteiger partial charge in [0.05, 0.1) is 29.1 Å². The minimum atomic E-state index is -1.03. The number of rotatable bonds is 11. The average molecular weight is 656 g/mol. The smallest absolute Gasteiger partial charge is 0.266 e. The third kappa shape index (κ3) is 6.64. The van der Waals surface area contributed by atoms with E-state index in [9.17, 15) is 29.1 Å². The van der Waals surface area contributed by atoms with Crippen molar-refractivity contribution in [2.45, 2.75) is 51.0 Å². The van der Waals surface area contributed by atoms with Gasteiger partial charge < -0.3 is 25.4 Å². The lowest BCUT2D eigenvalue weighted by Gasteiger charge is -2.36. The van der Waals surface area contributed by atoms with E-state index in [2.05, 4.69) is 20.4 Å². The average Bonchev–Trinajstić information content (AvgIpc) is 3.34. The molecule has 4 N–H and O–H groups in total. The number of piperazine rings is 1. The van der Waals surface area contributed by atoms with E-state index in [-0.39, 0.29) is 41.4 Å². The van der Waals surface area contributed by atoms with Gasteiger partial charge in [-0.25, -0.2) is 0 Å². The number of unbranched alkanes of at least 4 members (excludes halogenated alkanes) is 3. The summed E-state index contributed by atoms with van der Waals surface area (Å²) in [6.07, 6.45) is 3.66. The van der Waals surface area contributed by atoms with E-state index in [1.54, 1.807) is 30.3 Å². The predicted octanol–water partition coefficient (Wildman–Crippen LogP) is 2.51. The molecule has 6 rings (SSSR count). The molecule has 3 aromatic rings. The molecule has 0 bridgehead atoms. The van der Waals surface area contributed by atoms with Crippen LogP contribution in [0.5, 0.6) is 11.5 Å². The van der Waals surface area contributed by atoms with E-state index in [4.69, 9.17) is 10.5 Å². The normalized spacial score (nSPS) is 17.8. The van der Waals surface area contributed by atoms with Gasteiger partial charge in [-0.2, -0.15) is 0 Å². The molecule has 0 saturated carbocycles. The number of carbonyl (C=O) groups is 5. The van der Waals surface area contributed by atoms with Gasteiger partial charge in [-0.05, 0) is 49.6 Å². The minimum absolute atomic E-state index is 0.0544. The third-order valence-corrected chi connectivity index (χ3v) is 8.93. The number of piperidine rings is 1. The van der Waals surface area contributed by atoms with Gasteiger partial charge in [0.2, 0.25) is 17.7 Å². The van der Waals surface area contributed by atoms with Gasteiger partial charge in [0.15, 0.2) is 5.82 Å². The first-order valence-electron chi connectivity index (χ1n) is 16.1. The summed E-state index contributed by atoms with van der Waals surface area (Å²) in [7, 11) is 0. The van der Waals surface area contributed by atoms with Crippen LogP contribution in [-0.4, -0.2) is 93.5 Å². The number of hydrogen-bond donors (Lipinski definition) is 3. The molecule has 5 amide bonds. The van der Waals surface area contributed by atoms with Crippen LogP contribution in [0.3, 0.4) is 0 Å². The van der Waals surface area contributed by atoms with E-state index >= 15 is 0 Å². The maximum Gasteiger partial charge on any atom is 0.266 e. The Morgan fingerprint density at radius 2 is 1.67 bits per heavy atom. The number of carbonyl (C=O) groups excluding carboxylic acids is 5. The zero-order chi connectivity index (χ0) is 33.8. The molecule has 2 aromatic carbocycles. The molecule has 14 heteroatoms. The summed E-state index contributed by atoms with van der Waals surface area (Å²) in [6, 6.07) is 12.5. The lowest BCUT2D eigenvalue weighted by atomic mass is 10.0. The van der Waals surface area contributed by atoms with Crippen LogP contribution in [0.15, 0.2) is 48.5 Å². The Bertz CT molecular complexity index is 1760. The Labute approximate surface area is 276 Å². The first-order valence-corrected chi connectivity index (χ1v) is 16.1. The van der Waals surface area contributed by atoms with Gasteiger partial charge in [-0.15, -0.1) is 10.2 Å². The van der Waals surface area contributed by atoms with Crippen LogP contribution in [-0.2, 0) is 14.4 Å². The van der Waals surface area contributed by atoms with Gasteiger partial charge in [-0.1, -0.05) is 31.0 Å². The lowest BCUT2D eigenvalue weighted by molar-refractivity contribution is -0.136. The molecule has 1 unspecified atom stereocenters. The van der Waals surface area contributed by atoms with E-state index < -0.39 is 29.7 Å². The number of phenolic OH excluding ortho intramolecular Hbond substituents is 1. The molecule has 4 heterocycles. The summed E-state index contributed by atoms with van der Waals surface area (Å²) in [6.45, 7) is 2.64. The number of imide groups is 2. The summed E-state index contributed by atoms with van der Waals surface area (Å²) in [4.78, 5) is 67.9. The number of amides is 5. The molecule has 0 radical (unpaired) electrons. The Kier molecular flexibility index (Phi) is 9.50. The zero-order valence-electron chi connectivity index (χ0n) is 26.4. The number of fused-ring (bicyclic) bond motifs is 1. The van der Waals surface area contributed by atoms with Crippen molar-refractivity contribution in [3.05, 3.63) is 59.7 Å². The molecule has 0 spiro atoms. The standard InChI is InChI=1S/C34H37N7O7/c35-31-25(20-23(37-38-31)21-8-4-5-10-26(21)42)39-15-17-40(18-16-39)29(44)12-3-1-2-6-19-48-27-11-7-9-22-30(27)34(47)41(33(22)46)24-13-14-28(43)36-32(24)45/h4-5,7-11,20,24,42H,1-3,6,12-19H2,(H2,35,38)(H,36,43,45). The van der Waals surface area contributed by atoms with Crippen molar-refractivity contribution >= 4 is 41.0 Å². The van der Waals surface area contributed by atoms with Gasteiger partial charge in [0.25, 0.3) is 11.8 Å². The Morgan fingerprint density at radius 1 is 0.917 bits per heavy atom. The highest BCUT2D eigenvalue weighted by Crippen LogP contribution is 2.34. The van der Waals surface area contributed by atoms with Crippen LogP contribution < -0.4 is 20.7 Å². The van der Waals surface area contributed by atoms with Gasteiger partial charge >= 0.3 is 0 Å². The van der Waals surface area contributed by atoms with Gasteiger partial charge in [0, 0.05) is 44.6 Å². The Balaban J connectivity index is 0.920. The molecule has 48 heavy (non-hydrogen) atoms. The number of nitrogen functional groups attached to an aromatic ring is 1.